The summed E-state index contributed by atoms with van der Waals surface area (Å²) in [6.07, 6.45) is 0.261. The third-order valence-electron chi connectivity index (χ3n) is 2.32. The van der Waals surface area contributed by atoms with Crippen molar-refractivity contribution in [2.75, 3.05) is 20.6 Å². The second-order valence-corrected chi connectivity index (χ2v) is 4.88. The summed E-state index contributed by atoms with van der Waals surface area (Å²) in [5.41, 5.74) is 0.362. The van der Waals surface area contributed by atoms with Gasteiger partial charge in [0.1, 0.15) is 0 Å². The SMILES string of the molecule is CN(C)C(=O)CCNC(=O)c1cc(S)ccc1Cl. The number of amides is 2. The lowest BCUT2D eigenvalue weighted by Crippen LogP contribution is -2.30. The minimum absolute atomic E-state index is 0.0376. The van der Waals surface area contributed by atoms with E-state index in [2.05, 4.69) is 17.9 Å². The topological polar surface area (TPSA) is 49.4 Å². The number of nitrogens with zero attached hydrogens (tertiary/aromatic N) is 1. The first-order valence-electron chi connectivity index (χ1n) is 5.38. The maximum atomic E-state index is 11.8. The van der Waals surface area contributed by atoms with Gasteiger partial charge in [0, 0.05) is 32.0 Å². The highest BCUT2D eigenvalue weighted by molar-refractivity contribution is 7.80. The Bertz CT molecular complexity index is 463. The van der Waals surface area contributed by atoms with E-state index >= 15 is 0 Å². The molecule has 0 heterocycles. The number of hydrogen-bond acceptors (Lipinski definition) is 3. The van der Waals surface area contributed by atoms with Crippen molar-refractivity contribution in [2.45, 2.75) is 11.3 Å². The lowest BCUT2D eigenvalue weighted by molar-refractivity contribution is -0.128. The highest BCUT2D eigenvalue weighted by atomic mass is 35.5. The van der Waals surface area contributed by atoms with E-state index in [1.54, 1.807) is 32.3 Å². The van der Waals surface area contributed by atoms with Gasteiger partial charge in [0.05, 0.1) is 10.6 Å². The molecule has 0 atom stereocenters. The molecule has 0 aromatic heterocycles. The molecule has 0 aliphatic carbocycles. The van der Waals surface area contributed by atoms with Crippen LogP contribution in [0.2, 0.25) is 5.02 Å². The van der Waals surface area contributed by atoms with Crippen LogP contribution in [0.15, 0.2) is 23.1 Å². The van der Waals surface area contributed by atoms with Gasteiger partial charge >= 0.3 is 0 Å². The van der Waals surface area contributed by atoms with Crippen LogP contribution in [0.4, 0.5) is 0 Å². The highest BCUT2D eigenvalue weighted by Gasteiger charge is 2.11. The normalized spacial score (nSPS) is 10.0. The molecule has 18 heavy (non-hydrogen) atoms. The Labute approximate surface area is 117 Å². The molecule has 0 aliphatic rings. The van der Waals surface area contributed by atoms with Crippen molar-refractivity contribution in [3.05, 3.63) is 28.8 Å². The molecule has 0 aliphatic heterocycles. The zero-order valence-corrected chi connectivity index (χ0v) is 11.9. The molecule has 0 spiro atoms. The van der Waals surface area contributed by atoms with E-state index in [-0.39, 0.29) is 24.8 Å². The van der Waals surface area contributed by atoms with Crippen LogP contribution in [0.25, 0.3) is 0 Å². The molecular weight excluding hydrogens is 272 g/mol. The Hall–Kier alpha value is -1.20. The average molecular weight is 287 g/mol. The predicted molar refractivity (Wildman–Crippen MR) is 74.3 cm³/mol. The smallest absolute Gasteiger partial charge is 0.252 e. The molecule has 1 rings (SSSR count). The predicted octanol–water partition coefficient (Wildman–Crippen LogP) is 1.84. The van der Waals surface area contributed by atoms with E-state index < -0.39 is 0 Å². The number of nitrogens with one attached hydrogen (secondary N) is 1. The largest absolute Gasteiger partial charge is 0.351 e. The molecule has 0 saturated heterocycles. The van der Waals surface area contributed by atoms with Crippen molar-refractivity contribution < 1.29 is 9.59 Å². The molecule has 2 amide bonds. The van der Waals surface area contributed by atoms with Crippen molar-refractivity contribution >= 4 is 36.0 Å². The summed E-state index contributed by atoms with van der Waals surface area (Å²) in [5.74, 6) is -0.341. The van der Waals surface area contributed by atoms with E-state index in [4.69, 9.17) is 11.6 Å². The molecule has 0 fully saturated rings. The molecule has 4 nitrogen and oxygen atoms in total. The van der Waals surface area contributed by atoms with Gasteiger partial charge in [-0.25, -0.2) is 0 Å². The molecule has 1 N–H and O–H groups in total. The van der Waals surface area contributed by atoms with Gasteiger partial charge in [-0.15, -0.1) is 12.6 Å². The number of rotatable bonds is 4. The van der Waals surface area contributed by atoms with Crippen molar-refractivity contribution in [3.8, 4) is 0 Å². The first-order valence-corrected chi connectivity index (χ1v) is 6.21. The number of thiol groups is 1. The van der Waals surface area contributed by atoms with Crippen LogP contribution in [-0.4, -0.2) is 37.4 Å². The molecule has 98 valence electrons. The number of carbonyl (C=O) groups is 2. The van der Waals surface area contributed by atoms with Gasteiger partial charge < -0.3 is 10.2 Å². The van der Waals surface area contributed by atoms with Crippen LogP contribution < -0.4 is 5.32 Å². The first kappa shape index (κ1) is 14.9. The Morgan fingerprint density at radius 3 is 2.67 bits per heavy atom. The minimum atomic E-state index is -0.303. The third kappa shape index (κ3) is 4.23. The lowest BCUT2D eigenvalue weighted by Gasteiger charge is -2.11. The Morgan fingerprint density at radius 2 is 2.06 bits per heavy atom. The van der Waals surface area contributed by atoms with Gasteiger partial charge in [0.15, 0.2) is 0 Å². The van der Waals surface area contributed by atoms with E-state index in [1.165, 1.54) is 4.90 Å². The van der Waals surface area contributed by atoms with Crippen molar-refractivity contribution in [3.63, 3.8) is 0 Å². The van der Waals surface area contributed by atoms with Crippen LogP contribution in [0, 0.1) is 0 Å². The molecule has 6 heteroatoms. The quantitative estimate of drug-likeness (QED) is 0.830. The van der Waals surface area contributed by atoms with Crippen LogP contribution in [-0.2, 0) is 4.79 Å². The summed E-state index contributed by atoms with van der Waals surface area (Å²) in [4.78, 5) is 25.3. The van der Waals surface area contributed by atoms with Crippen LogP contribution in [0.1, 0.15) is 16.8 Å². The Morgan fingerprint density at radius 1 is 1.39 bits per heavy atom. The zero-order valence-electron chi connectivity index (χ0n) is 10.2. The van der Waals surface area contributed by atoms with Gasteiger partial charge in [0.2, 0.25) is 5.91 Å². The maximum Gasteiger partial charge on any atom is 0.252 e. The van der Waals surface area contributed by atoms with Gasteiger partial charge in [-0.1, -0.05) is 11.6 Å². The van der Waals surface area contributed by atoms with Crippen molar-refractivity contribution in [1.82, 2.24) is 10.2 Å². The summed E-state index contributed by atoms with van der Waals surface area (Å²) >= 11 is 10.1. The fourth-order valence-electron chi connectivity index (χ4n) is 1.29. The highest BCUT2D eigenvalue weighted by Crippen LogP contribution is 2.19. The fraction of sp³-hybridized carbons (Fsp3) is 0.333. The minimum Gasteiger partial charge on any atom is -0.351 e. The number of benzene rings is 1. The van der Waals surface area contributed by atoms with Crippen molar-refractivity contribution in [1.29, 1.82) is 0 Å². The second-order valence-electron chi connectivity index (χ2n) is 3.96. The van der Waals surface area contributed by atoms with Gasteiger partial charge in [-0.2, -0.15) is 0 Å². The second kappa shape index (κ2) is 6.66. The molecule has 0 radical (unpaired) electrons. The van der Waals surface area contributed by atoms with Gasteiger partial charge in [0.25, 0.3) is 5.91 Å². The molecule has 0 unspecified atom stereocenters. The summed E-state index contributed by atoms with van der Waals surface area (Å²) in [7, 11) is 3.34. The standard InChI is InChI=1S/C12H15ClN2O2S/c1-15(2)11(16)5-6-14-12(17)9-7-8(18)3-4-10(9)13/h3-4,7,18H,5-6H2,1-2H3,(H,14,17). The third-order valence-corrected chi connectivity index (χ3v) is 2.93. The van der Waals surface area contributed by atoms with Crippen LogP contribution in [0.3, 0.4) is 0 Å². The molecule has 0 bridgehead atoms. The Kier molecular flexibility index (Phi) is 5.50. The van der Waals surface area contributed by atoms with E-state index in [9.17, 15) is 9.59 Å². The van der Waals surface area contributed by atoms with Crippen LogP contribution in [0.5, 0.6) is 0 Å². The summed E-state index contributed by atoms with van der Waals surface area (Å²) in [6, 6.07) is 4.91. The lowest BCUT2D eigenvalue weighted by atomic mass is 10.2. The van der Waals surface area contributed by atoms with Crippen LogP contribution >= 0.6 is 24.2 Å². The molecule has 1 aromatic rings. The maximum absolute atomic E-state index is 11.8. The fourth-order valence-corrected chi connectivity index (χ4v) is 1.70. The molecule has 1 aromatic carbocycles. The number of carbonyl (C=O) groups excluding carboxylic acids is 2. The first-order chi connectivity index (χ1) is 8.41. The van der Waals surface area contributed by atoms with E-state index in [0.29, 0.717) is 15.5 Å². The van der Waals surface area contributed by atoms with E-state index in [1.807, 2.05) is 0 Å². The Balaban J connectivity index is 2.56. The summed E-state index contributed by atoms with van der Waals surface area (Å²) < 4.78 is 0. The van der Waals surface area contributed by atoms with E-state index in [0.717, 1.165) is 0 Å². The van der Waals surface area contributed by atoms with Crippen molar-refractivity contribution in [2.24, 2.45) is 0 Å². The summed E-state index contributed by atoms with van der Waals surface area (Å²) in [5, 5.41) is 3.01. The zero-order chi connectivity index (χ0) is 13.7. The molecule has 0 saturated carbocycles. The monoisotopic (exact) mass is 286 g/mol. The number of halogens is 1. The molecular formula is C12H15ClN2O2S. The summed E-state index contributed by atoms with van der Waals surface area (Å²) in [6.45, 7) is 0.281. The van der Waals surface area contributed by atoms with Gasteiger partial charge in [-0.05, 0) is 18.2 Å². The average Bonchev–Trinajstić information content (AvgIpc) is 2.31. The van der Waals surface area contributed by atoms with Gasteiger partial charge in [-0.3, -0.25) is 9.59 Å². The number of hydrogen-bond donors (Lipinski definition) is 2.